The Morgan fingerprint density at radius 3 is 2.80 bits per heavy atom. The van der Waals surface area contributed by atoms with E-state index >= 15 is 0 Å². The molecule has 0 spiro atoms. The highest BCUT2D eigenvalue weighted by molar-refractivity contribution is 5.68. The summed E-state index contributed by atoms with van der Waals surface area (Å²) in [5.41, 5.74) is 1.17. The Balaban J connectivity index is 2.10. The van der Waals surface area contributed by atoms with Crippen LogP contribution in [0.3, 0.4) is 0 Å². The van der Waals surface area contributed by atoms with E-state index in [1.807, 2.05) is 30.3 Å². The smallest absolute Gasteiger partial charge is 0.281 e. The molecule has 0 fully saturated rings. The van der Waals surface area contributed by atoms with Crippen molar-refractivity contribution in [1.29, 1.82) is 0 Å². The molecule has 0 bridgehead atoms. The average molecular weight is 271 g/mol. The molecule has 3 aromatic rings. The fraction of sp³-hybridized carbons (Fsp3) is 0.231. The number of aromatic nitrogens is 5. The minimum Gasteiger partial charge on any atom is -0.385 e. The molecule has 0 aliphatic rings. The molecule has 7 nitrogen and oxygen atoms in total. The van der Waals surface area contributed by atoms with Gasteiger partial charge in [-0.3, -0.25) is 4.79 Å². The van der Waals surface area contributed by atoms with Crippen LogP contribution in [0.25, 0.3) is 11.2 Å². The molecule has 2 N–H and O–H groups in total. The summed E-state index contributed by atoms with van der Waals surface area (Å²) in [7, 11) is 0. The monoisotopic (exact) mass is 271 g/mol. The maximum absolute atomic E-state index is 11.8. The quantitative estimate of drug-likeness (QED) is 0.727. The summed E-state index contributed by atoms with van der Waals surface area (Å²) in [6.45, 7) is 2.00. The van der Waals surface area contributed by atoms with Crippen LogP contribution in [0.5, 0.6) is 0 Å². The van der Waals surface area contributed by atoms with Gasteiger partial charge in [0.2, 0.25) is 0 Å². The average Bonchev–Trinajstić information content (AvgIpc) is 2.84. The second kappa shape index (κ2) is 4.86. The number of hydrogen-bond donors (Lipinski definition) is 2. The fourth-order valence-corrected chi connectivity index (χ4v) is 1.94. The molecule has 0 unspecified atom stereocenters. The van der Waals surface area contributed by atoms with Crippen LogP contribution in [-0.2, 0) is 6.54 Å². The highest BCUT2D eigenvalue weighted by atomic mass is 16.3. The van der Waals surface area contributed by atoms with Crippen LogP contribution in [0.4, 0.5) is 0 Å². The minimum atomic E-state index is -0.854. The minimum absolute atomic E-state index is 0.172. The standard InChI is InChI=1S/C13H13N5O2/c1-8(19)11-14-12-10(13(20)15-11)16-17-18(12)7-9-5-3-2-4-6-9/h2-6,8,19H,7H2,1H3,(H,14,15,20)/t8-/m0/s1. The summed E-state index contributed by atoms with van der Waals surface area (Å²) in [4.78, 5) is 18.6. The maximum Gasteiger partial charge on any atom is 0.281 e. The van der Waals surface area contributed by atoms with E-state index in [0.717, 1.165) is 5.56 Å². The first-order chi connectivity index (χ1) is 9.65. The van der Waals surface area contributed by atoms with E-state index in [1.54, 1.807) is 4.68 Å². The van der Waals surface area contributed by atoms with E-state index in [4.69, 9.17) is 0 Å². The lowest BCUT2D eigenvalue weighted by molar-refractivity contribution is 0.189. The molecule has 0 amide bonds. The number of aromatic amines is 1. The lowest BCUT2D eigenvalue weighted by Crippen LogP contribution is -2.15. The zero-order chi connectivity index (χ0) is 14.1. The van der Waals surface area contributed by atoms with E-state index in [-0.39, 0.29) is 11.3 Å². The zero-order valence-electron chi connectivity index (χ0n) is 10.8. The van der Waals surface area contributed by atoms with Gasteiger partial charge >= 0.3 is 0 Å². The first-order valence-electron chi connectivity index (χ1n) is 6.20. The van der Waals surface area contributed by atoms with Gasteiger partial charge in [-0.05, 0) is 12.5 Å². The number of hydrogen-bond acceptors (Lipinski definition) is 5. The zero-order valence-corrected chi connectivity index (χ0v) is 10.8. The van der Waals surface area contributed by atoms with Gasteiger partial charge in [-0.25, -0.2) is 9.67 Å². The van der Waals surface area contributed by atoms with E-state index in [2.05, 4.69) is 20.3 Å². The Morgan fingerprint density at radius 1 is 1.35 bits per heavy atom. The van der Waals surface area contributed by atoms with Gasteiger partial charge in [0.15, 0.2) is 11.2 Å². The third-order valence-electron chi connectivity index (χ3n) is 2.96. The van der Waals surface area contributed by atoms with E-state index < -0.39 is 11.7 Å². The number of nitrogens with zero attached hydrogens (tertiary/aromatic N) is 4. The van der Waals surface area contributed by atoms with Crippen LogP contribution in [0, 0.1) is 0 Å². The van der Waals surface area contributed by atoms with Crippen LogP contribution < -0.4 is 5.56 Å². The van der Waals surface area contributed by atoms with Crippen molar-refractivity contribution in [1.82, 2.24) is 25.0 Å². The lowest BCUT2D eigenvalue weighted by Gasteiger charge is -2.05. The molecule has 2 heterocycles. The fourth-order valence-electron chi connectivity index (χ4n) is 1.94. The number of nitrogens with one attached hydrogen (secondary N) is 1. The second-order valence-electron chi connectivity index (χ2n) is 4.53. The lowest BCUT2D eigenvalue weighted by atomic mass is 10.2. The third-order valence-corrected chi connectivity index (χ3v) is 2.96. The molecule has 0 radical (unpaired) electrons. The van der Waals surface area contributed by atoms with Crippen molar-refractivity contribution in [3.05, 3.63) is 52.1 Å². The van der Waals surface area contributed by atoms with Crippen molar-refractivity contribution in [3.63, 3.8) is 0 Å². The first kappa shape index (κ1) is 12.5. The SMILES string of the molecule is C[C@H](O)c1nc2c(nnn2Cc2ccccc2)c(=O)[nH]1. The number of H-pyrrole nitrogens is 1. The van der Waals surface area contributed by atoms with E-state index in [9.17, 15) is 9.90 Å². The van der Waals surface area contributed by atoms with Gasteiger partial charge in [0.25, 0.3) is 5.56 Å². The van der Waals surface area contributed by atoms with E-state index in [1.165, 1.54) is 6.92 Å². The van der Waals surface area contributed by atoms with Crippen LogP contribution in [0.2, 0.25) is 0 Å². The van der Waals surface area contributed by atoms with Gasteiger partial charge in [-0.2, -0.15) is 0 Å². The first-order valence-corrected chi connectivity index (χ1v) is 6.20. The second-order valence-corrected chi connectivity index (χ2v) is 4.53. The van der Waals surface area contributed by atoms with Crippen molar-refractivity contribution in [2.45, 2.75) is 19.6 Å². The Hall–Kier alpha value is -2.54. The molecule has 20 heavy (non-hydrogen) atoms. The Labute approximate surface area is 113 Å². The summed E-state index contributed by atoms with van der Waals surface area (Å²) in [6, 6.07) is 9.69. The van der Waals surface area contributed by atoms with Crippen LogP contribution in [0.15, 0.2) is 35.1 Å². The third kappa shape index (κ3) is 2.19. The summed E-state index contributed by atoms with van der Waals surface area (Å²) in [5, 5.41) is 17.3. The summed E-state index contributed by atoms with van der Waals surface area (Å²) in [6.07, 6.45) is -0.854. The van der Waals surface area contributed by atoms with Crippen LogP contribution >= 0.6 is 0 Å². The predicted molar refractivity (Wildman–Crippen MR) is 72.1 cm³/mol. The molecule has 2 aromatic heterocycles. The molecule has 0 saturated heterocycles. The summed E-state index contributed by atoms with van der Waals surface area (Å²) >= 11 is 0. The van der Waals surface area contributed by atoms with E-state index in [0.29, 0.717) is 12.2 Å². The highest BCUT2D eigenvalue weighted by Gasteiger charge is 2.14. The van der Waals surface area contributed by atoms with Crippen molar-refractivity contribution in [3.8, 4) is 0 Å². The normalized spacial score (nSPS) is 12.7. The molecule has 0 aliphatic carbocycles. The number of aliphatic hydroxyl groups is 1. The summed E-state index contributed by atoms with van der Waals surface area (Å²) in [5.74, 6) is 0.208. The number of fused-ring (bicyclic) bond motifs is 1. The maximum atomic E-state index is 11.8. The van der Waals surface area contributed by atoms with Crippen molar-refractivity contribution in [2.75, 3.05) is 0 Å². The molecule has 102 valence electrons. The molecule has 1 atom stereocenters. The van der Waals surface area contributed by atoms with Gasteiger partial charge in [-0.15, -0.1) is 5.10 Å². The largest absolute Gasteiger partial charge is 0.385 e. The number of benzene rings is 1. The Morgan fingerprint density at radius 2 is 2.10 bits per heavy atom. The summed E-state index contributed by atoms with van der Waals surface area (Å²) < 4.78 is 1.55. The van der Waals surface area contributed by atoms with Gasteiger partial charge in [0.1, 0.15) is 11.9 Å². The molecule has 1 aromatic carbocycles. The van der Waals surface area contributed by atoms with Crippen molar-refractivity contribution >= 4 is 11.2 Å². The number of rotatable bonds is 3. The van der Waals surface area contributed by atoms with Gasteiger partial charge in [-0.1, -0.05) is 35.5 Å². The van der Waals surface area contributed by atoms with Gasteiger partial charge in [0.05, 0.1) is 6.54 Å². The Bertz CT molecular complexity index is 791. The van der Waals surface area contributed by atoms with Crippen molar-refractivity contribution in [2.24, 2.45) is 0 Å². The molecular formula is C13H13N5O2. The van der Waals surface area contributed by atoms with Gasteiger partial charge in [0, 0.05) is 0 Å². The van der Waals surface area contributed by atoms with Crippen LogP contribution in [-0.4, -0.2) is 30.1 Å². The molecular weight excluding hydrogens is 258 g/mol. The molecule has 3 rings (SSSR count). The Kier molecular flexibility index (Phi) is 3.03. The molecule has 0 aliphatic heterocycles. The van der Waals surface area contributed by atoms with Crippen LogP contribution in [0.1, 0.15) is 24.4 Å². The van der Waals surface area contributed by atoms with Gasteiger partial charge < -0.3 is 10.1 Å². The highest BCUT2D eigenvalue weighted by Crippen LogP contribution is 2.10. The topological polar surface area (TPSA) is 96.7 Å². The number of aliphatic hydroxyl groups excluding tert-OH is 1. The molecule has 0 saturated carbocycles. The molecule has 7 heteroatoms. The van der Waals surface area contributed by atoms with Crippen molar-refractivity contribution < 1.29 is 5.11 Å². The predicted octanol–water partition coefficient (Wildman–Crippen LogP) is 0.616.